The summed E-state index contributed by atoms with van der Waals surface area (Å²) in [5.74, 6) is 0.937. The molecule has 25 heavy (non-hydrogen) atoms. The first-order chi connectivity index (χ1) is 11.2. The van der Waals surface area contributed by atoms with Crippen molar-refractivity contribution in [3.8, 4) is 0 Å². The Bertz CT molecular complexity index is 614. The molecule has 1 aromatic rings. The summed E-state index contributed by atoms with van der Waals surface area (Å²) >= 11 is 1.62. The van der Waals surface area contributed by atoms with Gasteiger partial charge in [0.2, 0.25) is 5.91 Å². The first-order valence-corrected chi connectivity index (χ1v) is 9.39. The molecule has 142 valence electrons. The summed E-state index contributed by atoms with van der Waals surface area (Å²) in [4.78, 5) is 25.8. The van der Waals surface area contributed by atoms with Crippen LogP contribution in [0.5, 0.6) is 0 Å². The SMILES string of the molecule is CCNC(=NCc1nc(C)cs1)N1CC(=O)N(C(C)C)C(C)(C)C1.I. The number of carbonyl (C=O) groups excluding carboxylic acids is 1. The second-order valence-corrected chi connectivity index (χ2v) is 8.02. The van der Waals surface area contributed by atoms with Crippen molar-refractivity contribution in [3.63, 3.8) is 0 Å². The van der Waals surface area contributed by atoms with Gasteiger partial charge in [-0.1, -0.05) is 0 Å². The van der Waals surface area contributed by atoms with E-state index < -0.39 is 0 Å². The number of piperazine rings is 1. The van der Waals surface area contributed by atoms with Gasteiger partial charge >= 0.3 is 0 Å². The predicted octanol–water partition coefficient (Wildman–Crippen LogP) is 2.87. The van der Waals surface area contributed by atoms with Crippen molar-refractivity contribution in [2.45, 2.75) is 59.7 Å². The smallest absolute Gasteiger partial charge is 0.242 e. The van der Waals surface area contributed by atoms with Crippen molar-refractivity contribution in [2.24, 2.45) is 4.99 Å². The number of nitrogens with one attached hydrogen (secondary N) is 1. The molecule has 0 aromatic carbocycles. The van der Waals surface area contributed by atoms with E-state index >= 15 is 0 Å². The van der Waals surface area contributed by atoms with Gasteiger partial charge in [0.05, 0.1) is 18.6 Å². The number of thiazole rings is 1. The van der Waals surface area contributed by atoms with Gasteiger partial charge in [-0.05, 0) is 41.5 Å². The number of nitrogens with zero attached hydrogens (tertiary/aromatic N) is 4. The van der Waals surface area contributed by atoms with Crippen molar-refractivity contribution in [3.05, 3.63) is 16.1 Å². The van der Waals surface area contributed by atoms with E-state index in [0.717, 1.165) is 29.8 Å². The summed E-state index contributed by atoms with van der Waals surface area (Å²) in [6.07, 6.45) is 0. The Labute approximate surface area is 172 Å². The monoisotopic (exact) mass is 479 g/mol. The van der Waals surface area contributed by atoms with Crippen LogP contribution < -0.4 is 5.32 Å². The van der Waals surface area contributed by atoms with Crippen LogP contribution in [0.2, 0.25) is 0 Å². The zero-order valence-corrected chi connectivity index (χ0v) is 19.1. The van der Waals surface area contributed by atoms with E-state index in [4.69, 9.17) is 4.99 Å². The van der Waals surface area contributed by atoms with Gasteiger partial charge < -0.3 is 15.1 Å². The molecule has 6 nitrogen and oxygen atoms in total. The molecule has 8 heteroatoms. The Balaban J connectivity index is 0.00000312. The third-order valence-electron chi connectivity index (χ3n) is 4.01. The van der Waals surface area contributed by atoms with Crippen LogP contribution >= 0.6 is 35.3 Å². The highest BCUT2D eigenvalue weighted by Crippen LogP contribution is 2.24. The third-order valence-corrected chi connectivity index (χ3v) is 4.96. The first-order valence-electron chi connectivity index (χ1n) is 8.51. The normalized spacial score (nSPS) is 17.7. The molecule has 1 aliphatic rings. The maximum atomic E-state index is 12.6. The minimum Gasteiger partial charge on any atom is -0.356 e. The summed E-state index contributed by atoms with van der Waals surface area (Å²) < 4.78 is 0. The molecule has 1 aliphatic heterocycles. The van der Waals surface area contributed by atoms with Crippen LogP contribution in [-0.2, 0) is 11.3 Å². The summed E-state index contributed by atoms with van der Waals surface area (Å²) in [7, 11) is 0. The van der Waals surface area contributed by atoms with Gasteiger partial charge in [-0.3, -0.25) is 4.79 Å². The molecule has 0 unspecified atom stereocenters. The van der Waals surface area contributed by atoms with Crippen molar-refractivity contribution in [1.82, 2.24) is 20.1 Å². The number of amides is 1. The molecule has 0 atom stereocenters. The van der Waals surface area contributed by atoms with Crippen molar-refractivity contribution >= 4 is 47.2 Å². The topological polar surface area (TPSA) is 60.8 Å². The molecule has 0 saturated carbocycles. The summed E-state index contributed by atoms with van der Waals surface area (Å²) in [6.45, 7) is 14.8. The number of hydrogen-bond donors (Lipinski definition) is 1. The van der Waals surface area contributed by atoms with E-state index in [2.05, 4.69) is 42.9 Å². The lowest BCUT2D eigenvalue weighted by atomic mass is 9.96. The summed E-state index contributed by atoms with van der Waals surface area (Å²) in [5, 5.41) is 6.34. The fraction of sp³-hybridized carbons (Fsp3) is 0.706. The number of hydrogen-bond acceptors (Lipinski definition) is 4. The van der Waals surface area contributed by atoms with E-state index in [-0.39, 0.29) is 41.5 Å². The Morgan fingerprint density at radius 2 is 2.16 bits per heavy atom. The largest absolute Gasteiger partial charge is 0.356 e. The maximum absolute atomic E-state index is 12.6. The molecule has 1 fully saturated rings. The van der Waals surface area contributed by atoms with E-state index in [9.17, 15) is 4.79 Å². The van der Waals surface area contributed by atoms with Gasteiger partial charge in [-0.25, -0.2) is 9.98 Å². The number of aromatic nitrogens is 1. The molecule has 1 amide bonds. The lowest BCUT2D eigenvalue weighted by molar-refractivity contribution is -0.145. The Kier molecular flexibility index (Phi) is 8.11. The first kappa shape index (κ1) is 22.1. The summed E-state index contributed by atoms with van der Waals surface area (Å²) in [6, 6.07) is 0.201. The van der Waals surface area contributed by atoms with Gasteiger partial charge in [0.1, 0.15) is 5.01 Å². The average Bonchev–Trinajstić information content (AvgIpc) is 2.86. The van der Waals surface area contributed by atoms with Gasteiger partial charge in [0.15, 0.2) is 5.96 Å². The second kappa shape index (κ2) is 9.16. The van der Waals surface area contributed by atoms with E-state index in [1.807, 2.05) is 24.1 Å². The molecular weight excluding hydrogens is 449 g/mol. The number of aryl methyl sites for hydroxylation is 1. The van der Waals surface area contributed by atoms with Crippen LogP contribution in [0.1, 0.15) is 45.3 Å². The quantitative estimate of drug-likeness (QED) is 0.410. The average molecular weight is 479 g/mol. The Morgan fingerprint density at radius 3 is 2.64 bits per heavy atom. The lowest BCUT2D eigenvalue weighted by Crippen LogP contribution is -2.66. The van der Waals surface area contributed by atoms with E-state index in [1.54, 1.807) is 11.3 Å². The highest BCUT2D eigenvalue weighted by Gasteiger charge is 2.40. The standard InChI is InChI=1S/C17H29N5OS.HI/c1-7-18-16(19-8-14-20-13(4)10-24-14)21-9-15(23)22(12(2)3)17(5,6)11-21;/h10,12H,7-9,11H2,1-6H3,(H,18,19);1H. The molecular formula is C17H30IN5OS. The molecule has 0 aliphatic carbocycles. The number of carbonyl (C=O) groups is 1. The number of aliphatic imine (C=N–C) groups is 1. The van der Waals surface area contributed by atoms with Gasteiger partial charge in [0.25, 0.3) is 0 Å². The minimum atomic E-state index is -0.225. The van der Waals surface area contributed by atoms with E-state index in [1.165, 1.54) is 0 Å². The fourth-order valence-corrected chi connectivity index (χ4v) is 4.05. The number of guanidine groups is 1. The zero-order chi connectivity index (χ0) is 17.9. The lowest BCUT2D eigenvalue weighted by Gasteiger charge is -2.49. The molecule has 0 bridgehead atoms. The Hall–Kier alpha value is -0.900. The van der Waals surface area contributed by atoms with Gasteiger partial charge in [0, 0.05) is 30.2 Å². The van der Waals surface area contributed by atoms with Crippen LogP contribution in [0.15, 0.2) is 10.4 Å². The molecule has 2 heterocycles. The maximum Gasteiger partial charge on any atom is 0.242 e. The van der Waals surface area contributed by atoms with Crippen molar-refractivity contribution in [2.75, 3.05) is 19.6 Å². The molecule has 0 radical (unpaired) electrons. The highest BCUT2D eigenvalue weighted by atomic mass is 127. The van der Waals surface area contributed by atoms with Crippen LogP contribution in [0.3, 0.4) is 0 Å². The third kappa shape index (κ3) is 5.54. The van der Waals surface area contributed by atoms with Crippen molar-refractivity contribution < 1.29 is 4.79 Å². The van der Waals surface area contributed by atoms with Gasteiger partial charge in [-0.2, -0.15) is 0 Å². The van der Waals surface area contributed by atoms with Crippen LogP contribution in [0, 0.1) is 6.92 Å². The minimum absolute atomic E-state index is 0. The highest BCUT2D eigenvalue weighted by molar-refractivity contribution is 14.0. The van der Waals surface area contributed by atoms with E-state index in [0.29, 0.717) is 13.1 Å². The Morgan fingerprint density at radius 1 is 1.48 bits per heavy atom. The predicted molar refractivity (Wildman–Crippen MR) is 115 cm³/mol. The van der Waals surface area contributed by atoms with Crippen LogP contribution in [-0.4, -0.2) is 57.9 Å². The van der Waals surface area contributed by atoms with Gasteiger partial charge in [-0.15, -0.1) is 35.3 Å². The molecule has 0 spiro atoms. The molecule has 1 N–H and O–H groups in total. The van der Waals surface area contributed by atoms with Crippen molar-refractivity contribution in [1.29, 1.82) is 0 Å². The fourth-order valence-electron chi connectivity index (χ4n) is 3.36. The number of rotatable bonds is 4. The molecule has 1 aromatic heterocycles. The second-order valence-electron chi connectivity index (χ2n) is 7.08. The van der Waals surface area contributed by atoms with Crippen LogP contribution in [0.4, 0.5) is 0 Å². The molecule has 2 rings (SSSR count). The number of halogens is 1. The molecule has 1 saturated heterocycles. The summed E-state index contributed by atoms with van der Waals surface area (Å²) in [5.41, 5.74) is 0.800. The van der Waals surface area contributed by atoms with Crippen LogP contribution in [0.25, 0.3) is 0 Å². The zero-order valence-electron chi connectivity index (χ0n) is 16.0.